The topological polar surface area (TPSA) is 33.5 Å². The standard InChI is InChI=1S/C48H38N4O/c1-48(2,3)34-26-27-49-46(28-34)52-41-18-7-6-17-39(41)40-25-24-37(30-45(40)52)53-36-15-11-14-35(29-36)50-31-51(43-20-9-8-19-42(43)50)44-21-10-13-33-23-22-32-12-4-5-16-38(32)47(33)44/h4-30H,31H2,1-3H3. The molecule has 5 nitrogen and oxygen atoms in total. The molecule has 0 aliphatic carbocycles. The van der Waals surface area contributed by atoms with Gasteiger partial charge in [-0.3, -0.25) is 4.57 Å². The smallest absolute Gasteiger partial charge is 0.137 e. The van der Waals surface area contributed by atoms with Crippen molar-refractivity contribution in [2.75, 3.05) is 16.5 Å². The normalized spacial score (nSPS) is 13.0. The molecule has 10 rings (SSSR count). The van der Waals surface area contributed by atoms with E-state index in [9.17, 15) is 0 Å². The van der Waals surface area contributed by atoms with Crippen LogP contribution in [0.1, 0.15) is 26.3 Å². The minimum absolute atomic E-state index is 0.00584. The molecule has 53 heavy (non-hydrogen) atoms. The van der Waals surface area contributed by atoms with Crippen LogP contribution in [0.3, 0.4) is 0 Å². The maximum atomic E-state index is 6.68. The van der Waals surface area contributed by atoms with Gasteiger partial charge in [-0.05, 0) is 87.8 Å². The lowest BCUT2D eigenvalue weighted by molar-refractivity contribution is 0.483. The average molecular weight is 687 g/mol. The number of benzene rings is 7. The molecule has 0 unspecified atom stereocenters. The molecule has 0 spiro atoms. The van der Waals surface area contributed by atoms with Gasteiger partial charge in [0.1, 0.15) is 24.0 Å². The second-order valence-electron chi connectivity index (χ2n) is 14.9. The van der Waals surface area contributed by atoms with Crippen molar-refractivity contribution < 1.29 is 4.74 Å². The number of para-hydroxylation sites is 3. The van der Waals surface area contributed by atoms with Crippen LogP contribution in [-0.2, 0) is 5.41 Å². The Bertz CT molecular complexity index is 2860. The molecule has 9 aromatic rings. The molecule has 1 aliphatic rings. The number of aromatic nitrogens is 2. The summed E-state index contributed by atoms with van der Waals surface area (Å²) in [6.45, 7) is 7.39. The molecule has 256 valence electrons. The van der Waals surface area contributed by atoms with Crippen LogP contribution in [0, 0.1) is 0 Å². The number of rotatable bonds is 5. The Morgan fingerprint density at radius 2 is 1.21 bits per heavy atom. The lowest BCUT2D eigenvalue weighted by Gasteiger charge is -2.24. The quantitative estimate of drug-likeness (QED) is 0.169. The van der Waals surface area contributed by atoms with E-state index >= 15 is 0 Å². The van der Waals surface area contributed by atoms with Crippen LogP contribution in [0.4, 0.5) is 22.7 Å². The highest BCUT2D eigenvalue weighted by atomic mass is 16.5. The van der Waals surface area contributed by atoms with Gasteiger partial charge in [-0.2, -0.15) is 0 Å². The summed E-state index contributed by atoms with van der Waals surface area (Å²) in [6, 6.07) is 56.1. The van der Waals surface area contributed by atoms with Gasteiger partial charge < -0.3 is 14.5 Å². The first kappa shape index (κ1) is 31.2. The first-order chi connectivity index (χ1) is 25.9. The zero-order valence-corrected chi connectivity index (χ0v) is 30.0. The van der Waals surface area contributed by atoms with Crippen molar-refractivity contribution in [3.05, 3.63) is 169 Å². The van der Waals surface area contributed by atoms with E-state index in [2.05, 4.69) is 187 Å². The Kier molecular flexibility index (Phi) is 7.05. The average Bonchev–Trinajstić information content (AvgIpc) is 3.73. The Labute approximate surface area is 308 Å². The number of nitrogens with zero attached hydrogens (tertiary/aromatic N) is 4. The Hall–Kier alpha value is -6.59. The highest BCUT2D eigenvalue weighted by Gasteiger charge is 2.29. The number of anilines is 4. The van der Waals surface area contributed by atoms with E-state index in [4.69, 9.17) is 9.72 Å². The van der Waals surface area contributed by atoms with E-state index in [1.165, 1.54) is 49.3 Å². The van der Waals surface area contributed by atoms with E-state index in [1.807, 2.05) is 12.3 Å². The molecule has 2 aromatic heterocycles. The Balaban J connectivity index is 1.03. The summed E-state index contributed by atoms with van der Waals surface area (Å²) in [6.07, 6.45) is 1.92. The van der Waals surface area contributed by atoms with Gasteiger partial charge in [-0.1, -0.05) is 106 Å². The SMILES string of the molecule is CC(C)(C)c1ccnc(-n2c3ccccc3c3ccc(Oc4cccc(N5CN(c6cccc7ccc8ccccc8c67)c6ccccc65)c4)cc32)c1. The predicted molar refractivity (Wildman–Crippen MR) is 221 cm³/mol. The number of pyridine rings is 1. The van der Waals surface area contributed by atoms with E-state index in [1.54, 1.807) is 0 Å². The van der Waals surface area contributed by atoms with Gasteiger partial charge in [0, 0.05) is 40.2 Å². The number of hydrogen-bond donors (Lipinski definition) is 0. The molecule has 1 aliphatic heterocycles. The van der Waals surface area contributed by atoms with Gasteiger partial charge in [0.05, 0.1) is 28.1 Å². The fraction of sp³-hybridized carbons (Fsp3) is 0.104. The minimum atomic E-state index is 0.00584. The first-order valence-corrected chi connectivity index (χ1v) is 18.2. The molecule has 0 bridgehead atoms. The molecule has 0 N–H and O–H groups in total. The molecule has 0 atom stereocenters. The second-order valence-corrected chi connectivity index (χ2v) is 14.9. The summed E-state index contributed by atoms with van der Waals surface area (Å²) in [5.41, 5.74) is 8.05. The van der Waals surface area contributed by atoms with Gasteiger partial charge in [0.2, 0.25) is 0 Å². The zero-order chi connectivity index (χ0) is 35.7. The third-order valence-electron chi connectivity index (χ3n) is 10.6. The van der Waals surface area contributed by atoms with Crippen LogP contribution in [-0.4, -0.2) is 16.2 Å². The van der Waals surface area contributed by atoms with Crippen LogP contribution >= 0.6 is 0 Å². The molecule has 7 aromatic carbocycles. The van der Waals surface area contributed by atoms with Gasteiger partial charge in [0.15, 0.2) is 0 Å². The van der Waals surface area contributed by atoms with Gasteiger partial charge in [-0.25, -0.2) is 4.98 Å². The second kappa shape index (κ2) is 12.0. The van der Waals surface area contributed by atoms with E-state index < -0.39 is 0 Å². The van der Waals surface area contributed by atoms with Crippen LogP contribution in [0.25, 0.3) is 49.2 Å². The molecule has 0 saturated carbocycles. The van der Waals surface area contributed by atoms with Crippen LogP contribution in [0.15, 0.2) is 164 Å². The fourth-order valence-corrected chi connectivity index (χ4v) is 8.02. The molecular formula is C48H38N4O. The third kappa shape index (κ3) is 5.19. The monoisotopic (exact) mass is 686 g/mol. The summed E-state index contributed by atoms with van der Waals surface area (Å²) in [5.74, 6) is 2.46. The summed E-state index contributed by atoms with van der Waals surface area (Å²) in [7, 11) is 0. The van der Waals surface area contributed by atoms with Gasteiger partial charge in [0.25, 0.3) is 0 Å². The number of hydrogen-bond acceptors (Lipinski definition) is 4. The van der Waals surface area contributed by atoms with Crippen molar-refractivity contribution >= 4 is 66.1 Å². The van der Waals surface area contributed by atoms with E-state index in [0.29, 0.717) is 6.67 Å². The number of ether oxygens (including phenoxy) is 1. The van der Waals surface area contributed by atoms with Crippen LogP contribution in [0.5, 0.6) is 11.5 Å². The Morgan fingerprint density at radius 3 is 2.08 bits per heavy atom. The maximum absolute atomic E-state index is 6.68. The summed E-state index contributed by atoms with van der Waals surface area (Å²) in [4.78, 5) is 9.67. The summed E-state index contributed by atoms with van der Waals surface area (Å²) >= 11 is 0. The van der Waals surface area contributed by atoms with Crippen molar-refractivity contribution in [3.63, 3.8) is 0 Å². The zero-order valence-electron chi connectivity index (χ0n) is 30.0. The molecule has 3 heterocycles. The maximum Gasteiger partial charge on any atom is 0.137 e. The first-order valence-electron chi connectivity index (χ1n) is 18.2. The molecule has 0 amide bonds. The molecule has 5 heteroatoms. The van der Waals surface area contributed by atoms with Crippen LogP contribution < -0.4 is 14.5 Å². The highest BCUT2D eigenvalue weighted by Crippen LogP contribution is 2.47. The molecular weight excluding hydrogens is 649 g/mol. The molecule has 0 fully saturated rings. The third-order valence-corrected chi connectivity index (χ3v) is 10.6. The van der Waals surface area contributed by atoms with Crippen LogP contribution in [0.2, 0.25) is 0 Å². The number of fused-ring (bicyclic) bond motifs is 7. The lowest BCUT2D eigenvalue weighted by atomic mass is 9.88. The Morgan fingerprint density at radius 1 is 0.528 bits per heavy atom. The summed E-state index contributed by atoms with van der Waals surface area (Å²) in [5, 5.41) is 7.37. The fourth-order valence-electron chi connectivity index (χ4n) is 8.02. The van der Waals surface area contributed by atoms with E-state index in [0.717, 1.165) is 39.7 Å². The lowest BCUT2D eigenvalue weighted by Crippen LogP contribution is -2.24. The van der Waals surface area contributed by atoms with E-state index in [-0.39, 0.29) is 5.41 Å². The van der Waals surface area contributed by atoms with Crippen molar-refractivity contribution in [2.24, 2.45) is 0 Å². The molecule has 0 saturated heterocycles. The van der Waals surface area contributed by atoms with Gasteiger partial charge >= 0.3 is 0 Å². The van der Waals surface area contributed by atoms with Crippen molar-refractivity contribution in [1.29, 1.82) is 0 Å². The van der Waals surface area contributed by atoms with Crippen molar-refractivity contribution in [3.8, 4) is 17.3 Å². The highest BCUT2D eigenvalue weighted by molar-refractivity contribution is 6.15. The summed E-state index contributed by atoms with van der Waals surface area (Å²) < 4.78 is 8.94. The predicted octanol–water partition coefficient (Wildman–Crippen LogP) is 12.8. The largest absolute Gasteiger partial charge is 0.457 e. The molecule has 0 radical (unpaired) electrons. The van der Waals surface area contributed by atoms with Gasteiger partial charge in [-0.15, -0.1) is 0 Å². The minimum Gasteiger partial charge on any atom is -0.457 e. The van der Waals surface area contributed by atoms with Crippen molar-refractivity contribution in [2.45, 2.75) is 26.2 Å². The van der Waals surface area contributed by atoms with Crippen molar-refractivity contribution in [1.82, 2.24) is 9.55 Å².